The molecular weight excluding hydrogens is 279 g/mol. The second kappa shape index (κ2) is 5.66. The number of aldehydes is 1. The van der Waals surface area contributed by atoms with E-state index >= 15 is 0 Å². The zero-order valence-corrected chi connectivity index (χ0v) is 11.0. The van der Waals surface area contributed by atoms with Gasteiger partial charge in [-0.25, -0.2) is 4.39 Å². The fourth-order valence-corrected chi connectivity index (χ4v) is 2.79. The summed E-state index contributed by atoms with van der Waals surface area (Å²) in [4.78, 5) is 11.0. The summed E-state index contributed by atoms with van der Waals surface area (Å²) >= 11 is 4.69. The minimum Gasteiger partial charge on any atom is -0.303 e. The minimum absolute atomic E-state index is 0.0595. The third-order valence-electron chi connectivity index (χ3n) is 2.24. The first-order valence-corrected chi connectivity index (χ1v) is 6.58. The van der Waals surface area contributed by atoms with Crippen molar-refractivity contribution in [3.05, 3.63) is 28.0 Å². The number of carbonyl (C=O) groups is 1. The summed E-state index contributed by atoms with van der Waals surface area (Å²) < 4.78 is 14.3. The van der Waals surface area contributed by atoms with Crippen LogP contribution in [0.15, 0.2) is 21.5 Å². The molecule has 4 heteroatoms. The second-order valence-electron chi connectivity index (χ2n) is 3.32. The van der Waals surface area contributed by atoms with Crippen LogP contribution in [0.25, 0.3) is 0 Å². The van der Waals surface area contributed by atoms with Gasteiger partial charge in [0.15, 0.2) is 0 Å². The van der Waals surface area contributed by atoms with Crippen molar-refractivity contribution in [3.63, 3.8) is 0 Å². The predicted molar refractivity (Wildman–Crippen MR) is 65.0 cm³/mol. The van der Waals surface area contributed by atoms with Crippen LogP contribution in [0, 0.1) is 5.82 Å². The van der Waals surface area contributed by atoms with E-state index in [0.29, 0.717) is 11.3 Å². The van der Waals surface area contributed by atoms with Crippen LogP contribution in [0.1, 0.15) is 24.8 Å². The van der Waals surface area contributed by atoms with Gasteiger partial charge in [0.05, 0.1) is 4.90 Å². The maximum Gasteiger partial charge on any atom is 0.138 e. The van der Waals surface area contributed by atoms with E-state index in [4.69, 9.17) is 0 Å². The van der Waals surface area contributed by atoms with Crippen molar-refractivity contribution < 1.29 is 9.18 Å². The van der Waals surface area contributed by atoms with Gasteiger partial charge in [-0.3, -0.25) is 0 Å². The molecule has 1 rings (SSSR count). The quantitative estimate of drug-likeness (QED) is 0.616. The molecule has 15 heavy (non-hydrogen) atoms. The third-order valence-corrected chi connectivity index (χ3v) is 3.95. The highest BCUT2D eigenvalue weighted by atomic mass is 79.9. The van der Waals surface area contributed by atoms with E-state index in [1.165, 1.54) is 17.8 Å². The lowest BCUT2D eigenvalue weighted by molar-refractivity contribution is -0.108. The topological polar surface area (TPSA) is 17.1 Å². The van der Waals surface area contributed by atoms with E-state index in [0.717, 1.165) is 16.3 Å². The first kappa shape index (κ1) is 12.7. The highest BCUT2D eigenvalue weighted by Crippen LogP contribution is 2.32. The molecule has 1 nitrogen and oxygen atoms in total. The Morgan fingerprint density at radius 3 is 2.73 bits per heavy atom. The average Bonchev–Trinajstić information content (AvgIpc) is 2.17. The Bertz CT molecular complexity index is 345. The van der Waals surface area contributed by atoms with Gasteiger partial charge in [-0.2, -0.15) is 0 Å². The summed E-state index contributed by atoms with van der Waals surface area (Å²) in [7, 11) is 0. The summed E-state index contributed by atoms with van der Waals surface area (Å²) in [6.07, 6.45) is 3.11. The average molecular weight is 291 g/mol. The Balaban J connectivity index is 3.07. The monoisotopic (exact) mass is 290 g/mol. The van der Waals surface area contributed by atoms with Crippen LogP contribution in [0.2, 0.25) is 0 Å². The normalized spacial score (nSPS) is 12.5. The SMILES string of the molecule is CSc1c(F)cc(C(C)CC=O)cc1Br. The number of benzene rings is 1. The number of hydrogen-bond donors (Lipinski definition) is 0. The van der Waals surface area contributed by atoms with Crippen LogP contribution in [0.4, 0.5) is 4.39 Å². The van der Waals surface area contributed by atoms with Crippen molar-refractivity contribution in [2.24, 2.45) is 0 Å². The molecule has 1 unspecified atom stereocenters. The second-order valence-corrected chi connectivity index (χ2v) is 4.99. The Hall–Kier alpha value is -0.350. The zero-order valence-electron chi connectivity index (χ0n) is 8.59. The standard InChI is InChI=1S/C11H12BrFOS/c1-7(3-4-14)8-5-9(12)11(15-2)10(13)6-8/h4-7H,3H2,1-2H3. The smallest absolute Gasteiger partial charge is 0.138 e. The van der Waals surface area contributed by atoms with Crippen molar-refractivity contribution in [2.45, 2.75) is 24.2 Å². The van der Waals surface area contributed by atoms with E-state index in [9.17, 15) is 9.18 Å². The van der Waals surface area contributed by atoms with Crippen LogP contribution in [0.3, 0.4) is 0 Å². The molecule has 0 amide bonds. The molecule has 0 aliphatic carbocycles. The van der Waals surface area contributed by atoms with Gasteiger partial charge in [-0.15, -0.1) is 11.8 Å². The van der Waals surface area contributed by atoms with Gasteiger partial charge in [0, 0.05) is 10.9 Å². The number of rotatable bonds is 4. The summed E-state index contributed by atoms with van der Waals surface area (Å²) in [5, 5.41) is 0. The van der Waals surface area contributed by atoms with Crippen molar-refractivity contribution in [1.29, 1.82) is 0 Å². The Labute approximate surface area is 102 Å². The van der Waals surface area contributed by atoms with Crippen molar-refractivity contribution in [1.82, 2.24) is 0 Å². The molecule has 0 fully saturated rings. The van der Waals surface area contributed by atoms with Gasteiger partial charge in [0.2, 0.25) is 0 Å². The van der Waals surface area contributed by atoms with Crippen molar-refractivity contribution in [3.8, 4) is 0 Å². The molecule has 0 heterocycles. The largest absolute Gasteiger partial charge is 0.303 e. The van der Waals surface area contributed by atoms with E-state index < -0.39 is 0 Å². The maximum atomic E-state index is 13.6. The number of carbonyl (C=O) groups excluding carboxylic acids is 1. The van der Waals surface area contributed by atoms with E-state index in [1.807, 2.05) is 19.2 Å². The first-order valence-electron chi connectivity index (χ1n) is 4.56. The Morgan fingerprint density at radius 2 is 2.27 bits per heavy atom. The third kappa shape index (κ3) is 3.05. The molecule has 0 saturated carbocycles. The summed E-state index contributed by atoms with van der Waals surface area (Å²) in [6.45, 7) is 1.91. The molecule has 0 radical (unpaired) electrons. The zero-order chi connectivity index (χ0) is 11.4. The summed E-state index contributed by atoms with van der Waals surface area (Å²) in [5.41, 5.74) is 0.851. The molecule has 1 aromatic rings. The molecule has 0 spiro atoms. The van der Waals surface area contributed by atoms with Crippen LogP contribution in [0.5, 0.6) is 0 Å². The van der Waals surface area contributed by atoms with Gasteiger partial charge >= 0.3 is 0 Å². The van der Waals surface area contributed by atoms with Gasteiger partial charge in [-0.05, 0) is 45.8 Å². The van der Waals surface area contributed by atoms with Gasteiger partial charge in [0.1, 0.15) is 12.1 Å². The predicted octanol–water partition coefficient (Wildman–Crippen LogP) is 4.00. The fraction of sp³-hybridized carbons (Fsp3) is 0.364. The lowest BCUT2D eigenvalue weighted by atomic mass is 9.98. The van der Waals surface area contributed by atoms with E-state index in [1.54, 1.807) is 0 Å². The molecule has 0 saturated heterocycles. The summed E-state index contributed by atoms with van der Waals surface area (Å²) in [6, 6.07) is 3.38. The van der Waals surface area contributed by atoms with E-state index in [-0.39, 0.29) is 11.7 Å². The van der Waals surface area contributed by atoms with Gasteiger partial charge in [0.25, 0.3) is 0 Å². The van der Waals surface area contributed by atoms with Gasteiger partial charge < -0.3 is 4.79 Å². The van der Waals surface area contributed by atoms with Crippen LogP contribution in [-0.2, 0) is 4.79 Å². The van der Waals surface area contributed by atoms with Crippen molar-refractivity contribution in [2.75, 3.05) is 6.26 Å². The van der Waals surface area contributed by atoms with Crippen molar-refractivity contribution >= 4 is 34.0 Å². The van der Waals surface area contributed by atoms with Crippen LogP contribution < -0.4 is 0 Å². The van der Waals surface area contributed by atoms with Gasteiger partial charge in [-0.1, -0.05) is 6.92 Å². The fourth-order valence-electron chi connectivity index (χ4n) is 1.34. The number of halogens is 2. The molecular formula is C11H12BrFOS. The molecule has 0 aliphatic rings. The highest BCUT2D eigenvalue weighted by molar-refractivity contribution is 9.10. The maximum absolute atomic E-state index is 13.6. The summed E-state index contributed by atoms with van der Waals surface area (Å²) in [5.74, 6) is -0.172. The Kier molecular flexibility index (Phi) is 4.80. The molecule has 0 aliphatic heterocycles. The molecule has 82 valence electrons. The highest BCUT2D eigenvalue weighted by Gasteiger charge is 2.12. The van der Waals surface area contributed by atoms with Crippen LogP contribution in [-0.4, -0.2) is 12.5 Å². The Morgan fingerprint density at radius 1 is 1.60 bits per heavy atom. The molecule has 1 atom stereocenters. The van der Waals surface area contributed by atoms with E-state index in [2.05, 4.69) is 15.9 Å². The molecule has 0 N–H and O–H groups in total. The lowest BCUT2D eigenvalue weighted by Crippen LogP contribution is -1.96. The number of thioether (sulfide) groups is 1. The molecule has 1 aromatic carbocycles. The first-order chi connectivity index (χ1) is 7.10. The van der Waals surface area contributed by atoms with Crippen LogP contribution >= 0.6 is 27.7 Å². The number of hydrogen-bond acceptors (Lipinski definition) is 2. The molecule has 0 bridgehead atoms. The lowest BCUT2D eigenvalue weighted by Gasteiger charge is -2.11. The molecule has 0 aromatic heterocycles. The minimum atomic E-state index is -0.232.